The number of piperazine rings is 1. The monoisotopic (exact) mass is 324 g/mol. The van der Waals surface area contributed by atoms with Crippen LogP contribution in [0.3, 0.4) is 0 Å². The van der Waals surface area contributed by atoms with Gasteiger partial charge in [0.25, 0.3) is 5.91 Å². The quantitative estimate of drug-likeness (QED) is 0.897. The summed E-state index contributed by atoms with van der Waals surface area (Å²) in [6, 6.07) is 16.5. The van der Waals surface area contributed by atoms with Gasteiger partial charge in [-0.3, -0.25) is 4.79 Å². The molecule has 1 heterocycles. The van der Waals surface area contributed by atoms with E-state index in [1.54, 1.807) is 0 Å². The Hall–Kier alpha value is -2.33. The Balaban J connectivity index is 1.49. The van der Waals surface area contributed by atoms with Crippen LogP contribution in [0.25, 0.3) is 0 Å². The summed E-state index contributed by atoms with van der Waals surface area (Å²) in [4.78, 5) is 16.0. The van der Waals surface area contributed by atoms with Gasteiger partial charge in [-0.1, -0.05) is 35.9 Å². The van der Waals surface area contributed by atoms with E-state index in [-0.39, 0.29) is 5.91 Å². The van der Waals surface area contributed by atoms with E-state index in [1.807, 2.05) is 31.2 Å². The summed E-state index contributed by atoms with van der Waals surface area (Å²) in [7, 11) is 0. The van der Waals surface area contributed by atoms with Crippen LogP contribution in [-0.4, -0.2) is 38.6 Å². The summed E-state index contributed by atoms with van der Waals surface area (Å²) in [6.07, 6.45) is 0. The van der Waals surface area contributed by atoms with Crippen molar-refractivity contribution in [3.63, 3.8) is 0 Å². The third kappa shape index (κ3) is 4.15. The van der Waals surface area contributed by atoms with E-state index in [4.69, 9.17) is 0 Å². The lowest BCUT2D eigenvalue weighted by Crippen LogP contribution is -3.15. The fraction of sp³-hybridized carbons (Fsp3) is 0.350. The maximum atomic E-state index is 12.2. The average Bonchev–Trinajstić information content (AvgIpc) is 2.58. The maximum Gasteiger partial charge on any atom is 0.279 e. The summed E-state index contributed by atoms with van der Waals surface area (Å²) in [5.41, 5.74) is 4.72. The van der Waals surface area contributed by atoms with Crippen molar-refractivity contribution in [2.75, 3.05) is 42.9 Å². The number of anilines is 2. The molecule has 126 valence electrons. The van der Waals surface area contributed by atoms with Crippen LogP contribution in [0.5, 0.6) is 0 Å². The Kier molecular flexibility index (Phi) is 5.16. The molecule has 0 spiro atoms. The first kappa shape index (κ1) is 16.5. The number of quaternary nitrogens is 1. The van der Waals surface area contributed by atoms with Crippen LogP contribution in [0.15, 0.2) is 48.5 Å². The van der Waals surface area contributed by atoms with Gasteiger partial charge in [-0.05, 0) is 37.6 Å². The summed E-state index contributed by atoms with van der Waals surface area (Å²) >= 11 is 0. The van der Waals surface area contributed by atoms with Gasteiger partial charge < -0.3 is 15.1 Å². The molecule has 24 heavy (non-hydrogen) atoms. The number of nitrogens with one attached hydrogen (secondary N) is 2. The summed E-state index contributed by atoms with van der Waals surface area (Å²) < 4.78 is 0. The minimum atomic E-state index is 0.0956. The molecule has 1 aliphatic rings. The zero-order chi connectivity index (χ0) is 16.9. The summed E-state index contributed by atoms with van der Waals surface area (Å²) in [5, 5.41) is 3.00. The highest BCUT2D eigenvalue weighted by Crippen LogP contribution is 2.18. The van der Waals surface area contributed by atoms with Crippen LogP contribution < -0.4 is 15.1 Å². The first-order valence-electron chi connectivity index (χ1n) is 8.62. The maximum absolute atomic E-state index is 12.2. The third-order valence-electron chi connectivity index (χ3n) is 4.67. The molecule has 4 heteroatoms. The predicted molar refractivity (Wildman–Crippen MR) is 98.8 cm³/mol. The van der Waals surface area contributed by atoms with Gasteiger partial charge in [0.2, 0.25) is 0 Å². The highest BCUT2D eigenvalue weighted by molar-refractivity contribution is 5.91. The fourth-order valence-electron chi connectivity index (χ4n) is 3.23. The van der Waals surface area contributed by atoms with Crippen LogP contribution in [-0.2, 0) is 4.79 Å². The Morgan fingerprint density at radius 2 is 1.71 bits per heavy atom. The number of amides is 1. The number of aryl methyl sites for hydroxylation is 2. The Morgan fingerprint density at radius 1 is 1.04 bits per heavy atom. The van der Waals surface area contributed by atoms with Gasteiger partial charge >= 0.3 is 0 Å². The van der Waals surface area contributed by atoms with E-state index in [9.17, 15) is 4.79 Å². The van der Waals surface area contributed by atoms with Crippen LogP contribution >= 0.6 is 0 Å². The first-order valence-corrected chi connectivity index (χ1v) is 8.62. The van der Waals surface area contributed by atoms with Crippen LogP contribution in [0.4, 0.5) is 11.4 Å². The van der Waals surface area contributed by atoms with Crippen molar-refractivity contribution in [1.82, 2.24) is 0 Å². The second-order valence-corrected chi connectivity index (χ2v) is 6.61. The van der Waals surface area contributed by atoms with Crippen molar-refractivity contribution in [2.24, 2.45) is 0 Å². The molecular weight excluding hydrogens is 298 g/mol. The standard InChI is InChI=1S/C20H25N3O/c1-16-7-9-18(10-8-16)21-20(24)15-22-11-13-23(14-12-22)19-6-4-3-5-17(19)2/h3-10H,11-15H2,1-2H3,(H,21,24)/p+1. The number of para-hydroxylation sites is 1. The van der Waals surface area contributed by atoms with Crippen LogP contribution in [0, 0.1) is 13.8 Å². The molecule has 0 aromatic heterocycles. The normalized spacial score (nSPS) is 15.3. The molecule has 4 nitrogen and oxygen atoms in total. The lowest BCUT2D eigenvalue weighted by Gasteiger charge is -2.34. The number of hydrogen-bond donors (Lipinski definition) is 2. The van der Waals surface area contributed by atoms with E-state index >= 15 is 0 Å². The first-order chi connectivity index (χ1) is 11.6. The molecule has 3 rings (SSSR count). The number of benzene rings is 2. The van der Waals surface area contributed by atoms with Crippen LogP contribution in [0.2, 0.25) is 0 Å². The Morgan fingerprint density at radius 3 is 2.38 bits per heavy atom. The van der Waals surface area contributed by atoms with E-state index in [0.717, 1.165) is 31.9 Å². The van der Waals surface area contributed by atoms with Crippen molar-refractivity contribution < 1.29 is 9.69 Å². The molecule has 0 bridgehead atoms. The number of nitrogens with zero attached hydrogens (tertiary/aromatic N) is 1. The summed E-state index contributed by atoms with van der Waals surface area (Å²) in [5.74, 6) is 0.0956. The van der Waals surface area contributed by atoms with Gasteiger partial charge in [0, 0.05) is 11.4 Å². The van der Waals surface area contributed by atoms with Gasteiger partial charge in [-0.25, -0.2) is 0 Å². The number of hydrogen-bond acceptors (Lipinski definition) is 2. The van der Waals surface area contributed by atoms with Crippen LogP contribution in [0.1, 0.15) is 11.1 Å². The molecule has 2 aromatic rings. The summed E-state index contributed by atoms with van der Waals surface area (Å²) in [6.45, 7) is 8.73. The lowest BCUT2D eigenvalue weighted by atomic mass is 10.1. The minimum Gasteiger partial charge on any atom is -0.360 e. The molecule has 1 saturated heterocycles. The third-order valence-corrected chi connectivity index (χ3v) is 4.67. The van der Waals surface area contributed by atoms with E-state index in [2.05, 4.69) is 41.4 Å². The SMILES string of the molecule is Cc1ccc(NC(=O)C[NH+]2CCN(c3ccccc3C)CC2)cc1. The fourth-order valence-corrected chi connectivity index (χ4v) is 3.23. The highest BCUT2D eigenvalue weighted by atomic mass is 16.2. The molecule has 0 saturated carbocycles. The molecule has 0 radical (unpaired) electrons. The molecule has 1 aliphatic heterocycles. The van der Waals surface area contributed by atoms with Gasteiger partial charge in [0.1, 0.15) is 0 Å². The molecule has 0 atom stereocenters. The van der Waals surface area contributed by atoms with E-state index in [0.29, 0.717) is 6.54 Å². The molecular formula is C20H26N3O+. The van der Waals surface area contributed by atoms with Gasteiger partial charge in [0.05, 0.1) is 26.2 Å². The number of carbonyl (C=O) groups is 1. The van der Waals surface area contributed by atoms with Crippen molar-refractivity contribution in [3.8, 4) is 0 Å². The minimum absolute atomic E-state index is 0.0956. The second-order valence-electron chi connectivity index (χ2n) is 6.61. The van der Waals surface area contributed by atoms with Gasteiger partial charge in [0.15, 0.2) is 6.54 Å². The second kappa shape index (κ2) is 7.49. The zero-order valence-corrected chi connectivity index (χ0v) is 14.5. The molecule has 0 aliphatic carbocycles. The molecule has 1 amide bonds. The molecule has 2 N–H and O–H groups in total. The average molecular weight is 324 g/mol. The number of carbonyl (C=O) groups excluding carboxylic acids is 1. The van der Waals surface area contributed by atoms with E-state index in [1.165, 1.54) is 21.7 Å². The molecule has 2 aromatic carbocycles. The smallest absolute Gasteiger partial charge is 0.279 e. The molecule has 1 fully saturated rings. The van der Waals surface area contributed by atoms with E-state index < -0.39 is 0 Å². The van der Waals surface area contributed by atoms with Crippen molar-refractivity contribution in [3.05, 3.63) is 59.7 Å². The van der Waals surface area contributed by atoms with Gasteiger partial charge in [-0.15, -0.1) is 0 Å². The van der Waals surface area contributed by atoms with Gasteiger partial charge in [-0.2, -0.15) is 0 Å². The Labute approximate surface area is 144 Å². The topological polar surface area (TPSA) is 36.8 Å². The Bertz CT molecular complexity index is 688. The zero-order valence-electron chi connectivity index (χ0n) is 14.5. The van der Waals surface area contributed by atoms with Crippen molar-refractivity contribution in [2.45, 2.75) is 13.8 Å². The predicted octanol–water partition coefficient (Wildman–Crippen LogP) is 1.65. The number of rotatable bonds is 4. The lowest BCUT2D eigenvalue weighted by molar-refractivity contribution is -0.892. The molecule has 0 unspecified atom stereocenters. The largest absolute Gasteiger partial charge is 0.360 e. The van der Waals surface area contributed by atoms with Crippen molar-refractivity contribution >= 4 is 17.3 Å². The highest BCUT2D eigenvalue weighted by Gasteiger charge is 2.22. The van der Waals surface area contributed by atoms with Crippen molar-refractivity contribution in [1.29, 1.82) is 0 Å².